The minimum Gasteiger partial charge on any atom is -0.495 e. The van der Waals surface area contributed by atoms with E-state index in [0.29, 0.717) is 11.5 Å². The Morgan fingerprint density at radius 1 is 1.00 bits per heavy atom. The van der Waals surface area contributed by atoms with E-state index in [4.69, 9.17) is 9.47 Å². The lowest BCUT2D eigenvalue weighted by Gasteiger charge is -2.18. The minimum atomic E-state index is -0.288. The van der Waals surface area contributed by atoms with Crippen LogP contribution in [0, 0.1) is 5.82 Å². The third-order valence-electron chi connectivity index (χ3n) is 3.02. The first-order valence-electron chi connectivity index (χ1n) is 5.99. The Labute approximate surface area is 148 Å². The summed E-state index contributed by atoms with van der Waals surface area (Å²) in [6.07, 6.45) is 0. The fourth-order valence-corrected chi connectivity index (χ4v) is 4.20. The summed E-state index contributed by atoms with van der Waals surface area (Å²) in [6.45, 7) is 0. The highest BCUT2D eigenvalue weighted by molar-refractivity contribution is 9.11. The van der Waals surface area contributed by atoms with Crippen molar-refractivity contribution in [2.75, 3.05) is 14.2 Å². The molecule has 0 N–H and O–H groups in total. The topological polar surface area (TPSA) is 18.5 Å². The molecule has 0 fully saturated rings. The van der Waals surface area contributed by atoms with E-state index in [2.05, 4.69) is 47.8 Å². The van der Waals surface area contributed by atoms with Crippen LogP contribution in [0.5, 0.6) is 11.5 Å². The Morgan fingerprint density at radius 3 is 2.33 bits per heavy atom. The molecule has 0 aromatic heterocycles. The highest BCUT2D eigenvalue weighted by atomic mass is 79.9. The molecular formula is C15H12Br3FO2. The molecule has 0 saturated carbocycles. The molecule has 0 radical (unpaired) electrons. The molecule has 6 heteroatoms. The van der Waals surface area contributed by atoms with Crippen molar-refractivity contribution in [3.05, 3.63) is 56.2 Å². The molecule has 0 heterocycles. The van der Waals surface area contributed by atoms with Crippen LogP contribution in [0.2, 0.25) is 0 Å². The summed E-state index contributed by atoms with van der Waals surface area (Å²) >= 11 is 10.5. The van der Waals surface area contributed by atoms with Gasteiger partial charge in [0.05, 0.1) is 19.0 Å². The lowest BCUT2D eigenvalue weighted by molar-refractivity contribution is 0.386. The molecule has 1 atom stereocenters. The zero-order valence-electron chi connectivity index (χ0n) is 11.3. The monoisotopic (exact) mass is 480 g/mol. The van der Waals surface area contributed by atoms with Crippen LogP contribution in [0.4, 0.5) is 4.39 Å². The van der Waals surface area contributed by atoms with Gasteiger partial charge in [0.25, 0.3) is 0 Å². The zero-order valence-corrected chi connectivity index (χ0v) is 16.1. The van der Waals surface area contributed by atoms with E-state index in [1.54, 1.807) is 20.3 Å². The summed E-state index contributed by atoms with van der Waals surface area (Å²) in [5.74, 6) is 1.03. The molecule has 0 amide bonds. The van der Waals surface area contributed by atoms with E-state index in [-0.39, 0.29) is 10.6 Å². The maximum atomic E-state index is 13.5. The van der Waals surface area contributed by atoms with Gasteiger partial charge in [0, 0.05) is 10.0 Å². The average Bonchev–Trinajstić information content (AvgIpc) is 2.48. The first kappa shape index (κ1) is 16.8. The number of halogens is 4. The molecule has 21 heavy (non-hydrogen) atoms. The van der Waals surface area contributed by atoms with Crippen LogP contribution in [0.1, 0.15) is 16.0 Å². The predicted molar refractivity (Wildman–Crippen MR) is 92.1 cm³/mol. The predicted octanol–water partition coefficient (Wildman–Crippen LogP) is 5.85. The van der Waals surface area contributed by atoms with Gasteiger partial charge in [0.2, 0.25) is 0 Å². The smallest absolute Gasteiger partial charge is 0.141 e. The number of rotatable bonds is 4. The van der Waals surface area contributed by atoms with Crippen molar-refractivity contribution in [2.24, 2.45) is 0 Å². The molecule has 0 bridgehead atoms. The largest absolute Gasteiger partial charge is 0.495 e. The maximum absolute atomic E-state index is 13.5. The van der Waals surface area contributed by atoms with Gasteiger partial charge in [0.15, 0.2) is 0 Å². The molecule has 2 aromatic rings. The molecule has 0 spiro atoms. The van der Waals surface area contributed by atoms with E-state index < -0.39 is 0 Å². The second-order valence-corrected chi connectivity index (χ2v) is 6.80. The Kier molecular flexibility index (Phi) is 5.68. The molecule has 0 aliphatic rings. The number of methoxy groups -OCH3 is 2. The van der Waals surface area contributed by atoms with E-state index >= 15 is 0 Å². The number of hydrogen-bond donors (Lipinski definition) is 0. The highest BCUT2D eigenvalue weighted by Crippen LogP contribution is 2.45. The van der Waals surface area contributed by atoms with Gasteiger partial charge in [-0.05, 0) is 45.8 Å². The molecule has 112 valence electrons. The van der Waals surface area contributed by atoms with Crippen LogP contribution in [-0.4, -0.2) is 14.2 Å². The molecule has 0 saturated heterocycles. The van der Waals surface area contributed by atoms with Crippen molar-refractivity contribution in [3.8, 4) is 11.5 Å². The Balaban J connectivity index is 2.55. The second-order valence-electron chi connectivity index (χ2n) is 4.23. The third-order valence-corrected chi connectivity index (χ3v) is 5.48. The van der Waals surface area contributed by atoms with E-state index in [1.807, 2.05) is 12.1 Å². The molecule has 2 nitrogen and oxygen atoms in total. The molecule has 0 aliphatic carbocycles. The summed E-state index contributed by atoms with van der Waals surface area (Å²) < 4.78 is 25.8. The Morgan fingerprint density at radius 2 is 1.71 bits per heavy atom. The van der Waals surface area contributed by atoms with Crippen molar-refractivity contribution in [2.45, 2.75) is 4.83 Å². The summed E-state index contributed by atoms with van der Waals surface area (Å²) in [5.41, 5.74) is 1.65. The third kappa shape index (κ3) is 3.43. The lowest BCUT2D eigenvalue weighted by Crippen LogP contribution is -2.00. The van der Waals surface area contributed by atoms with E-state index in [1.165, 1.54) is 12.1 Å². The summed E-state index contributed by atoms with van der Waals surface area (Å²) in [6, 6.07) is 8.31. The number of alkyl halides is 1. The van der Waals surface area contributed by atoms with Gasteiger partial charge in [-0.25, -0.2) is 4.39 Å². The van der Waals surface area contributed by atoms with Crippen LogP contribution in [-0.2, 0) is 0 Å². The number of hydrogen-bond acceptors (Lipinski definition) is 2. The van der Waals surface area contributed by atoms with Crippen molar-refractivity contribution in [1.82, 2.24) is 0 Å². The Hall–Kier alpha value is -0.590. The zero-order chi connectivity index (χ0) is 15.6. The van der Waals surface area contributed by atoms with Gasteiger partial charge in [0.1, 0.15) is 21.8 Å². The van der Waals surface area contributed by atoms with Crippen LogP contribution in [0.3, 0.4) is 0 Å². The molecule has 2 rings (SSSR count). The van der Waals surface area contributed by atoms with Gasteiger partial charge >= 0.3 is 0 Å². The van der Waals surface area contributed by atoms with Crippen molar-refractivity contribution in [1.29, 1.82) is 0 Å². The van der Waals surface area contributed by atoms with Crippen molar-refractivity contribution >= 4 is 47.8 Å². The number of benzene rings is 2. The molecule has 1 unspecified atom stereocenters. The van der Waals surface area contributed by atoms with E-state index in [0.717, 1.165) is 20.1 Å². The fraction of sp³-hybridized carbons (Fsp3) is 0.200. The molecule has 0 aliphatic heterocycles. The molecular weight excluding hydrogens is 471 g/mol. The van der Waals surface area contributed by atoms with E-state index in [9.17, 15) is 4.39 Å². The van der Waals surface area contributed by atoms with Crippen molar-refractivity contribution < 1.29 is 13.9 Å². The molecule has 2 aromatic carbocycles. The Bertz CT molecular complexity index is 662. The van der Waals surface area contributed by atoms with Crippen LogP contribution >= 0.6 is 47.8 Å². The first-order valence-corrected chi connectivity index (χ1v) is 8.49. The quantitative estimate of drug-likeness (QED) is 0.509. The standard InChI is InChI=1S/C15H12Br3FO2/c1-20-12-6-4-9(15(21-2)14(12)18)13(17)10-7-8(19)3-5-11(10)16/h3-7,13H,1-2H3. The van der Waals surface area contributed by atoms with Gasteiger partial charge in [-0.2, -0.15) is 0 Å². The fourth-order valence-electron chi connectivity index (χ4n) is 1.99. The van der Waals surface area contributed by atoms with Gasteiger partial charge in [-0.15, -0.1) is 0 Å². The van der Waals surface area contributed by atoms with Crippen molar-refractivity contribution in [3.63, 3.8) is 0 Å². The summed E-state index contributed by atoms with van der Waals surface area (Å²) in [7, 11) is 3.18. The first-order chi connectivity index (χ1) is 9.99. The minimum absolute atomic E-state index is 0.222. The SMILES string of the molecule is COc1ccc(C(Br)c2cc(F)ccc2Br)c(OC)c1Br. The maximum Gasteiger partial charge on any atom is 0.141 e. The number of ether oxygens (including phenoxy) is 2. The van der Waals surface area contributed by atoms with Gasteiger partial charge in [-0.3, -0.25) is 0 Å². The second kappa shape index (κ2) is 7.11. The van der Waals surface area contributed by atoms with Crippen LogP contribution < -0.4 is 9.47 Å². The van der Waals surface area contributed by atoms with Crippen LogP contribution in [0.25, 0.3) is 0 Å². The lowest BCUT2D eigenvalue weighted by atomic mass is 10.0. The van der Waals surface area contributed by atoms with Gasteiger partial charge in [-0.1, -0.05) is 37.9 Å². The van der Waals surface area contributed by atoms with Crippen LogP contribution in [0.15, 0.2) is 39.3 Å². The van der Waals surface area contributed by atoms with Gasteiger partial charge < -0.3 is 9.47 Å². The highest BCUT2D eigenvalue weighted by Gasteiger charge is 2.21. The normalized spacial score (nSPS) is 12.1. The summed E-state index contributed by atoms with van der Waals surface area (Å²) in [5, 5.41) is 0. The average molecular weight is 483 g/mol. The summed E-state index contributed by atoms with van der Waals surface area (Å²) in [4.78, 5) is -0.222.